The normalized spacial score (nSPS) is 14.1. The van der Waals surface area contributed by atoms with E-state index in [0.717, 1.165) is 54.0 Å². The molecule has 23 heavy (non-hydrogen) atoms. The highest BCUT2D eigenvalue weighted by Gasteiger charge is 2.11. The van der Waals surface area contributed by atoms with Crippen LogP contribution in [0.1, 0.15) is 5.69 Å². The van der Waals surface area contributed by atoms with E-state index in [1.165, 1.54) is 0 Å². The summed E-state index contributed by atoms with van der Waals surface area (Å²) in [5, 5.41) is 13.8. The summed E-state index contributed by atoms with van der Waals surface area (Å²) < 4.78 is 10.3. The average Bonchev–Trinajstić information content (AvgIpc) is 3.01. The number of fused-ring (bicyclic) bond motifs is 3. The summed E-state index contributed by atoms with van der Waals surface area (Å²) in [6, 6.07) is 5.55. The lowest BCUT2D eigenvalue weighted by Crippen LogP contribution is -2.30. The second-order valence-corrected chi connectivity index (χ2v) is 4.95. The Morgan fingerprint density at radius 3 is 2.74 bits per heavy atom. The van der Waals surface area contributed by atoms with Crippen molar-refractivity contribution in [1.82, 2.24) is 20.3 Å². The molecule has 0 atom stereocenters. The van der Waals surface area contributed by atoms with Crippen molar-refractivity contribution in [2.45, 2.75) is 0 Å². The molecule has 0 bridgehead atoms. The van der Waals surface area contributed by atoms with Crippen molar-refractivity contribution >= 4 is 21.9 Å². The van der Waals surface area contributed by atoms with Crippen molar-refractivity contribution in [1.29, 1.82) is 5.26 Å². The van der Waals surface area contributed by atoms with Gasteiger partial charge in [0.2, 0.25) is 0 Å². The summed E-state index contributed by atoms with van der Waals surface area (Å²) in [5.41, 5.74) is 1.96. The second-order valence-electron chi connectivity index (χ2n) is 4.95. The lowest BCUT2D eigenvalue weighted by Gasteiger charge is -2.10. The number of H-pyrrole nitrogens is 1. The number of aromatic amines is 1. The molecule has 0 radical (unpaired) electrons. The van der Waals surface area contributed by atoms with Crippen LogP contribution in [0.3, 0.4) is 0 Å². The van der Waals surface area contributed by atoms with Gasteiger partial charge in [0.1, 0.15) is 23.2 Å². The molecule has 0 saturated carbocycles. The smallest absolute Gasteiger partial charge is 0.142 e. The molecule has 1 fully saturated rings. The van der Waals surface area contributed by atoms with E-state index in [1.54, 1.807) is 31.6 Å². The third-order valence-corrected chi connectivity index (χ3v) is 3.52. The van der Waals surface area contributed by atoms with Crippen LogP contribution in [0.2, 0.25) is 0 Å². The topological polar surface area (TPSA) is 95.8 Å². The molecule has 4 heterocycles. The number of hydrogen-bond acceptors (Lipinski definition) is 6. The number of nitrogens with one attached hydrogen (secondary N) is 2. The lowest BCUT2D eigenvalue weighted by atomic mass is 10.2. The van der Waals surface area contributed by atoms with E-state index < -0.39 is 0 Å². The first-order valence-corrected chi connectivity index (χ1v) is 7.32. The molecule has 0 spiro atoms. The molecule has 118 valence electrons. The van der Waals surface area contributed by atoms with Crippen LogP contribution in [0, 0.1) is 11.3 Å². The zero-order chi connectivity index (χ0) is 16.1. The number of rotatable bonds is 1. The van der Waals surface area contributed by atoms with E-state index in [0.29, 0.717) is 5.69 Å². The van der Waals surface area contributed by atoms with Crippen LogP contribution < -0.4 is 10.1 Å². The van der Waals surface area contributed by atoms with E-state index in [-0.39, 0.29) is 0 Å². The quantitative estimate of drug-likeness (QED) is 0.708. The van der Waals surface area contributed by atoms with Gasteiger partial charge < -0.3 is 19.8 Å². The SMILES string of the molecule is C1COCCN1.COc1ccnc2[nH]c3cnc(C#N)cc3c12. The lowest BCUT2D eigenvalue weighted by molar-refractivity contribution is 0.109. The largest absolute Gasteiger partial charge is 0.496 e. The van der Waals surface area contributed by atoms with Gasteiger partial charge in [0.15, 0.2) is 0 Å². The Hall–Kier alpha value is -2.69. The molecule has 1 saturated heterocycles. The van der Waals surface area contributed by atoms with E-state index >= 15 is 0 Å². The molecule has 1 aliphatic rings. The zero-order valence-corrected chi connectivity index (χ0v) is 12.8. The summed E-state index contributed by atoms with van der Waals surface area (Å²) in [5.74, 6) is 0.733. The first-order chi connectivity index (χ1) is 11.3. The predicted molar refractivity (Wildman–Crippen MR) is 86.4 cm³/mol. The van der Waals surface area contributed by atoms with Gasteiger partial charge in [-0.1, -0.05) is 0 Å². The van der Waals surface area contributed by atoms with Crippen LogP contribution in [-0.2, 0) is 4.74 Å². The van der Waals surface area contributed by atoms with E-state index in [4.69, 9.17) is 14.7 Å². The Morgan fingerprint density at radius 2 is 2.13 bits per heavy atom. The van der Waals surface area contributed by atoms with Crippen molar-refractivity contribution in [2.75, 3.05) is 33.4 Å². The Balaban J connectivity index is 0.000000220. The van der Waals surface area contributed by atoms with Gasteiger partial charge >= 0.3 is 0 Å². The van der Waals surface area contributed by atoms with Gasteiger partial charge in [-0.05, 0) is 12.1 Å². The molecule has 1 aliphatic heterocycles. The fourth-order valence-electron chi connectivity index (χ4n) is 2.44. The maximum absolute atomic E-state index is 8.86. The summed E-state index contributed by atoms with van der Waals surface area (Å²) in [4.78, 5) is 11.4. The monoisotopic (exact) mass is 311 g/mol. The van der Waals surface area contributed by atoms with Gasteiger partial charge in [0.25, 0.3) is 0 Å². The minimum Gasteiger partial charge on any atom is -0.496 e. The number of hydrogen-bond donors (Lipinski definition) is 2. The molecule has 7 nitrogen and oxygen atoms in total. The summed E-state index contributed by atoms with van der Waals surface area (Å²) >= 11 is 0. The number of morpholine rings is 1. The Kier molecular flexibility index (Phi) is 4.66. The predicted octanol–water partition coefficient (Wildman–Crippen LogP) is 1.60. The van der Waals surface area contributed by atoms with Crippen LogP contribution in [0.15, 0.2) is 24.5 Å². The molecule has 7 heteroatoms. The standard InChI is InChI=1S/C12H8N4O.C4H9NO/c1-17-10-2-3-14-12-11(10)8-4-7(5-13)15-6-9(8)16-12;1-3-6-4-2-5-1/h2-4,6H,1H3,(H,14,16);5H,1-4H2. The third-order valence-electron chi connectivity index (χ3n) is 3.52. The van der Waals surface area contributed by atoms with E-state index in [1.807, 2.05) is 6.07 Å². The number of aromatic nitrogens is 3. The fourth-order valence-corrected chi connectivity index (χ4v) is 2.44. The van der Waals surface area contributed by atoms with Crippen molar-refractivity contribution in [3.63, 3.8) is 0 Å². The first-order valence-electron chi connectivity index (χ1n) is 7.32. The van der Waals surface area contributed by atoms with Crippen molar-refractivity contribution < 1.29 is 9.47 Å². The van der Waals surface area contributed by atoms with Gasteiger partial charge in [-0.25, -0.2) is 9.97 Å². The van der Waals surface area contributed by atoms with Crippen LogP contribution in [-0.4, -0.2) is 48.4 Å². The average molecular weight is 311 g/mol. The summed E-state index contributed by atoms with van der Waals surface area (Å²) in [6.45, 7) is 3.83. The molecule has 3 aromatic heterocycles. The zero-order valence-electron chi connectivity index (χ0n) is 12.8. The minimum absolute atomic E-state index is 0.379. The number of nitriles is 1. The molecule has 0 aromatic carbocycles. The third kappa shape index (κ3) is 3.23. The molecule has 0 amide bonds. The van der Waals surface area contributed by atoms with Crippen LogP contribution in [0.4, 0.5) is 0 Å². The van der Waals surface area contributed by atoms with Gasteiger partial charge in [-0.15, -0.1) is 0 Å². The number of ether oxygens (including phenoxy) is 2. The van der Waals surface area contributed by atoms with Gasteiger partial charge in [0.05, 0.1) is 37.4 Å². The molecular weight excluding hydrogens is 294 g/mol. The first kappa shape index (κ1) is 15.2. The Morgan fingerprint density at radius 1 is 1.30 bits per heavy atom. The van der Waals surface area contributed by atoms with Crippen molar-refractivity contribution in [3.05, 3.63) is 30.2 Å². The van der Waals surface area contributed by atoms with Crippen molar-refractivity contribution in [2.24, 2.45) is 0 Å². The number of nitrogens with zero attached hydrogens (tertiary/aromatic N) is 3. The van der Waals surface area contributed by atoms with Crippen molar-refractivity contribution in [3.8, 4) is 11.8 Å². The Bertz CT molecular complexity index is 837. The van der Waals surface area contributed by atoms with Gasteiger partial charge in [0, 0.05) is 24.7 Å². The maximum atomic E-state index is 8.86. The highest BCUT2D eigenvalue weighted by atomic mass is 16.5. The molecule has 0 aliphatic carbocycles. The Labute approximate surface area is 133 Å². The van der Waals surface area contributed by atoms with Gasteiger partial charge in [-0.2, -0.15) is 5.26 Å². The number of methoxy groups -OCH3 is 1. The van der Waals surface area contributed by atoms with Crippen LogP contribution in [0.25, 0.3) is 21.9 Å². The molecule has 0 unspecified atom stereocenters. The van der Waals surface area contributed by atoms with Gasteiger partial charge in [-0.3, -0.25) is 0 Å². The summed E-state index contributed by atoms with van der Waals surface area (Å²) in [7, 11) is 1.61. The summed E-state index contributed by atoms with van der Waals surface area (Å²) in [6.07, 6.45) is 3.31. The molecule has 2 N–H and O–H groups in total. The van der Waals surface area contributed by atoms with E-state index in [2.05, 4.69) is 20.3 Å². The van der Waals surface area contributed by atoms with Crippen LogP contribution >= 0.6 is 0 Å². The molecular formula is C16H17N5O2. The highest BCUT2D eigenvalue weighted by Crippen LogP contribution is 2.31. The minimum atomic E-state index is 0.379. The molecule has 3 aromatic rings. The second kappa shape index (κ2) is 7.05. The maximum Gasteiger partial charge on any atom is 0.142 e. The van der Waals surface area contributed by atoms with E-state index in [9.17, 15) is 0 Å². The highest BCUT2D eigenvalue weighted by molar-refractivity contribution is 6.08. The fraction of sp³-hybridized carbons (Fsp3) is 0.312. The molecule has 4 rings (SSSR count). The van der Waals surface area contributed by atoms with Crippen LogP contribution in [0.5, 0.6) is 5.75 Å². The number of pyridine rings is 2.